The van der Waals surface area contributed by atoms with Crippen molar-refractivity contribution < 1.29 is 9.21 Å². The van der Waals surface area contributed by atoms with Crippen LogP contribution < -0.4 is 5.32 Å². The van der Waals surface area contributed by atoms with E-state index in [1.165, 1.54) is 11.8 Å². The third-order valence-electron chi connectivity index (χ3n) is 3.88. The van der Waals surface area contributed by atoms with Crippen molar-refractivity contribution in [3.63, 3.8) is 0 Å². The molecule has 1 amide bonds. The predicted molar refractivity (Wildman–Crippen MR) is 101 cm³/mol. The van der Waals surface area contributed by atoms with Crippen LogP contribution in [0.15, 0.2) is 33.9 Å². The van der Waals surface area contributed by atoms with Gasteiger partial charge in [0.1, 0.15) is 0 Å². The number of benzene rings is 1. The molecule has 9 heteroatoms. The molecule has 7 nitrogen and oxygen atoms in total. The Kier molecular flexibility index (Phi) is 5.33. The van der Waals surface area contributed by atoms with E-state index in [4.69, 9.17) is 16.0 Å². The number of hydrogen-bond acceptors (Lipinski definition) is 6. The number of carbonyl (C=O) groups is 1. The van der Waals surface area contributed by atoms with Crippen LogP contribution in [0.1, 0.15) is 18.3 Å². The highest BCUT2D eigenvalue weighted by Gasteiger charge is 2.21. The summed E-state index contributed by atoms with van der Waals surface area (Å²) in [5.74, 6) is 0.207. The van der Waals surface area contributed by atoms with Gasteiger partial charge in [-0.1, -0.05) is 29.4 Å². The van der Waals surface area contributed by atoms with Gasteiger partial charge in [-0.15, -0.1) is 10.2 Å². The minimum absolute atomic E-state index is 0.156. The van der Waals surface area contributed by atoms with Gasteiger partial charge in [0.05, 0.1) is 22.3 Å². The fourth-order valence-electron chi connectivity index (χ4n) is 2.38. The molecule has 0 aliphatic carbocycles. The Hall–Kier alpha value is -2.32. The molecule has 3 rings (SSSR count). The summed E-state index contributed by atoms with van der Waals surface area (Å²) in [6, 6.07) is 7.15. The van der Waals surface area contributed by atoms with Gasteiger partial charge in [0.2, 0.25) is 11.8 Å². The lowest BCUT2D eigenvalue weighted by molar-refractivity contribution is -0.115. The molecule has 1 aromatic carbocycles. The van der Waals surface area contributed by atoms with Crippen molar-refractivity contribution in [1.82, 2.24) is 20.0 Å². The Balaban J connectivity index is 1.68. The lowest BCUT2D eigenvalue weighted by Gasteiger charge is -2.10. The zero-order chi connectivity index (χ0) is 18.8. The number of amides is 1. The van der Waals surface area contributed by atoms with Crippen molar-refractivity contribution in [1.29, 1.82) is 0 Å². The number of nitrogens with zero attached hydrogens (tertiary/aromatic N) is 4. The average Bonchev–Trinajstić information content (AvgIpc) is 3.15. The highest BCUT2D eigenvalue weighted by atomic mass is 35.5. The van der Waals surface area contributed by atoms with Crippen molar-refractivity contribution >= 4 is 35.0 Å². The maximum absolute atomic E-state index is 12.5. The molecular weight excluding hydrogens is 374 g/mol. The first-order valence-corrected chi connectivity index (χ1v) is 9.18. The molecule has 2 heterocycles. The molecule has 0 aliphatic rings. The number of hydrogen-bond donors (Lipinski definition) is 1. The van der Waals surface area contributed by atoms with Crippen LogP contribution in [0.3, 0.4) is 0 Å². The first kappa shape index (κ1) is 18.5. The third-order valence-corrected chi connectivity index (χ3v) is 5.05. The van der Waals surface area contributed by atoms with E-state index in [2.05, 4.69) is 20.6 Å². The van der Waals surface area contributed by atoms with Crippen LogP contribution in [0, 0.1) is 13.8 Å². The molecule has 136 valence electrons. The summed E-state index contributed by atoms with van der Waals surface area (Å²) in [7, 11) is 1.84. The minimum atomic E-state index is -0.415. The molecule has 0 saturated carbocycles. The van der Waals surface area contributed by atoms with Gasteiger partial charge < -0.3 is 9.73 Å². The van der Waals surface area contributed by atoms with Gasteiger partial charge in [0.15, 0.2) is 0 Å². The monoisotopic (exact) mass is 391 g/mol. The maximum atomic E-state index is 12.5. The van der Waals surface area contributed by atoms with Gasteiger partial charge in [0.25, 0.3) is 5.22 Å². The number of rotatable bonds is 5. The van der Waals surface area contributed by atoms with Crippen molar-refractivity contribution in [2.75, 3.05) is 5.32 Å². The highest BCUT2D eigenvalue weighted by molar-refractivity contribution is 8.00. The highest BCUT2D eigenvalue weighted by Crippen LogP contribution is 2.28. The number of aryl methyl sites for hydroxylation is 2. The Bertz CT molecular complexity index is 953. The second kappa shape index (κ2) is 7.51. The molecule has 2 aromatic heterocycles. The molecule has 0 aliphatic heterocycles. The fraction of sp³-hybridized carbons (Fsp3) is 0.294. The SMILES string of the molecule is Cc1nn(C)c(C)c1NC(=O)[C@H](C)Sc1nnc(-c2cccc(Cl)c2)o1. The molecule has 0 unspecified atom stereocenters. The Labute approximate surface area is 160 Å². The van der Waals surface area contributed by atoms with E-state index in [1.807, 2.05) is 33.0 Å². The smallest absolute Gasteiger partial charge is 0.277 e. The van der Waals surface area contributed by atoms with Crippen molar-refractivity contribution in [2.45, 2.75) is 31.2 Å². The Morgan fingerprint density at radius 1 is 1.35 bits per heavy atom. The average molecular weight is 392 g/mol. The lowest BCUT2D eigenvalue weighted by atomic mass is 10.2. The Morgan fingerprint density at radius 3 is 2.77 bits per heavy atom. The van der Waals surface area contributed by atoms with Crippen LogP contribution in [0.25, 0.3) is 11.5 Å². The first-order chi connectivity index (χ1) is 12.3. The molecule has 0 radical (unpaired) electrons. The molecule has 0 saturated heterocycles. The minimum Gasteiger partial charge on any atom is -0.411 e. The summed E-state index contributed by atoms with van der Waals surface area (Å²) in [6.45, 7) is 5.54. The summed E-state index contributed by atoms with van der Waals surface area (Å²) in [5, 5.41) is 15.7. The Morgan fingerprint density at radius 2 is 2.12 bits per heavy atom. The van der Waals surface area contributed by atoms with E-state index < -0.39 is 5.25 Å². The fourth-order valence-corrected chi connectivity index (χ4v) is 3.25. The predicted octanol–water partition coefficient (Wildman–Crippen LogP) is 3.86. The van der Waals surface area contributed by atoms with Crippen molar-refractivity contribution in [3.05, 3.63) is 40.7 Å². The number of nitrogens with one attached hydrogen (secondary N) is 1. The van der Waals surface area contributed by atoms with E-state index in [-0.39, 0.29) is 5.91 Å². The maximum Gasteiger partial charge on any atom is 0.277 e. The standard InChI is InChI=1S/C17H18ClN5O2S/c1-9-14(10(2)23(4)22-9)19-15(24)11(3)26-17-21-20-16(25-17)12-6-5-7-13(18)8-12/h5-8,11H,1-4H3,(H,19,24)/t11-/m0/s1. The third kappa shape index (κ3) is 3.91. The second-order valence-electron chi connectivity index (χ2n) is 5.80. The van der Waals surface area contributed by atoms with E-state index in [1.54, 1.807) is 23.7 Å². The largest absolute Gasteiger partial charge is 0.411 e. The normalized spacial score (nSPS) is 12.2. The second-order valence-corrected chi connectivity index (χ2v) is 7.53. The van der Waals surface area contributed by atoms with E-state index in [9.17, 15) is 4.79 Å². The number of aromatic nitrogens is 4. The van der Waals surface area contributed by atoms with E-state index in [0.717, 1.165) is 22.6 Å². The summed E-state index contributed by atoms with van der Waals surface area (Å²) in [5.41, 5.74) is 3.14. The van der Waals surface area contributed by atoms with Crippen molar-refractivity contribution in [3.8, 4) is 11.5 Å². The summed E-state index contributed by atoms with van der Waals surface area (Å²) < 4.78 is 7.37. The number of halogens is 1. The zero-order valence-corrected chi connectivity index (χ0v) is 16.4. The summed E-state index contributed by atoms with van der Waals surface area (Å²) in [4.78, 5) is 12.5. The van der Waals surface area contributed by atoms with Gasteiger partial charge in [0, 0.05) is 17.6 Å². The van der Waals surface area contributed by atoms with Crippen LogP contribution in [0.5, 0.6) is 0 Å². The van der Waals surface area contributed by atoms with Crippen LogP contribution in [-0.4, -0.2) is 31.1 Å². The van der Waals surface area contributed by atoms with E-state index in [0.29, 0.717) is 16.1 Å². The quantitative estimate of drug-likeness (QED) is 0.664. The zero-order valence-electron chi connectivity index (χ0n) is 14.8. The molecule has 0 fully saturated rings. The first-order valence-electron chi connectivity index (χ1n) is 7.92. The van der Waals surface area contributed by atoms with Gasteiger partial charge in [-0.2, -0.15) is 5.10 Å². The van der Waals surface area contributed by atoms with Crippen LogP contribution in [0.2, 0.25) is 5.02 Å². The molecule has 0 bridgehead atoms. The number of carbonyl (C=O) groups excluding carboxylic acids is 1. The van der Waals surface area contributed by atoms with E-state index >= 15 is 0 Å². The summed E-state index contributed by atoms with van der Waals surface area (Å²) in [6.07, 6.45) is 0. The molecule has 26 heavy (non-hydrogen) atoms. The lowest BCUT2D eigenvalue weighted by Crippen LogP contribution is -2.23. The molecule has 1 N–H and O–H groups in total. The number of thioether (sulfide) groups is 1. The molecular formula is C17H18ClN5O2S. The summed E-state index contributed by atoms with van der Waals surface area (Å²) >= 11 is 7.17. The van der Waals surface area contributed by atoms with Gasteiger partial charge in [-0.05, 0) is 39.0 Å². The molecule has 1 atom stereocenters. The van der Waals surface area contributed by atoms with Gasteiger partial charge in [-0.3, -0.25) is 9.48 Å². The molecule has 3 aromatic rings. The van der Waals surface area contributed by atoms with Gasteiger partial charge >= 0.3 is 0 Å². The van der Waals surface area contributed by atoms with Gasteiger partial charge in [-0.25, -0.2) is 0 Å². The van der Waals surface area contributed by atoms with Crippen molar-refractivity contribution in [2.24, 2.45) is 7.05 Å². The van der Waals surface area contributed by atoms with Crippen LogP contribution in [-0.2, 0) is 11.8 Å². The number of anilines is 1. The topological polar surface area (TPSA) is 85.8 Å². The molecule has 0 spiro atoms. The van der Waals surface area contributed by atoms with Crippen LogP contribution in [0.4, 0.5) is 5.69 Å². The van der Waals surface area contributed by atoms with Crippen LogP contribution >= 0.6 is 23.4 Å².